The molecule has 0 saturated carbocycles. The molecule has 0 spiro atoms. The minimum Gasteiger partial charge on any atom is -0.270 e. The molecule has 0 heterocycles. The predicted octanol–water partition coefficient (Wildman–Crippen LogP) is 0.0237. The molecule has 1 atom stereocenters. The zero-order valence-electron chi connectivity index (χ0n) is 8.29. The molecule has 0 bridgehead atoms. The number of hydrogen-bond donors (Lipinski definition) is 2. The largest absolute Gasteiger partial charge is 0.270 e. The van der Waals surface area contributed by atoms with Crippen LogP contribution in [0.25, 0.3) is 0 Å². The SMILES string of the molecule is CCCC(C#N)C(=O)N(NC)NC. The molecule has 1 amide bonds. The van der Waals surface area contributed by atoms with E-state index in [1.165, 1.54) is 5.12 Å². The molecule has 74 valence electrons. The average molecular weight is 184 g/mol. The highest BCUT2D eigenvalue weighted by molar-refractivity contribution is 5.80. The smallest absolute Gasteiger partial charge is 0.268 e. The van der Waals surface area contributed by atoms with E-state index in [-0.39, 0.29) is 5.91 Å². The van der Waals surface area contributed by atoms with Crippen LogP contribution >= 0.6 is 0 Å². The monoisotopic (exact) mass is 184 g/mol. The molecule has 1 unspecified atom stereocenters. The molecule has 0 fully saturated rings. The molecule has 0 aliphatic heterocycles. The van der Waals surface area contributed by atoms with Gasteiger partial charge in [0.05, 0.1) is 6.07 Å². The Bertz CT molecular complexity index is 195. The summed E-state index contributed by atoms with van der Waals surface area (Å²) in [5.41, 5.74) is 5.29. The first-order valence-corrected chi connectivity index (χ1v) is 4.29. The Morgan fingerprint density at radius 3 is 2.38 bits per heavy atom. The van der Waals surface area contributed by atoms with Crippen LogP contribution in [0.3, 0.4) is 0 Å². The minimum absolute atomic E-state index is 0.241. The van der Waals surface area contributed by atoms with Gasteiger partial charge >= 0.3 is 0 Å². The minimum atomic E-state index is -0.565. The summed E-state index contributed by atoms with van der Waals surface area (Å²) in [4.78, 5) is 11.5. The van der Waals surface area contributed by atoms with Gasteiger partial charge in [-0.25, -0.2) is 16.0 Å². The number of nitriles is 1. The van der Waals surface area contributed by atoms with Crippen molar-refractivity contribution in [1.29, 1.82) is 5.26 Å². The molecular formula is C8H16N4O. The van der Waals surface area contributed by atoms with Crippen LogP contribution in [0.1, 0.15) is 19.8 Å². The number of carbonyl (C=O) groups excluding carboxylic acids is 1. The summed E-state index contributed by atoms with van der Waals surface area (Å²) in [6, 6.07) is 1.98. The molecule has 2 N–H and O–H groups in total. The maximum atomic E-state index is 11.5. The molecule has 0 aliphatic carbocycles. The topological polar surface area (TPSA) is 68.2 Å². The lowest BCUT2D eigenvalue weighted by Gasteiger charge is -2.21. The lowest BCUT2D eigenvalue weighted by atomic mass is 10.1. The zero-order valence-corrected chi connectivity index (χ0v) is 8.29. The third-order valence-corrected chi connectivity index (χ3v) is 1.70. The summed E-state index contributed by atoms with van der Waals surface area (Å²) in [5, 5.41) is 9.93. The number of hydrazine groups is 2. The molecule has 0 radical (unpaired) electrons. The molecule has 0 aromatic rings. The van der Waals surface area contributed by atoms with Crippen LogP contribution < -0.4 is 10.9 Å². The predicted molar refractivity (Wildman–Crippen MR) is 49.0 cm³/mol. The first kappa shape index (κ1) is 11.9. The van der Waals surface area contributed by atoms with E-state index in [1.807, 2.05) is 13.0 Å². The van der Waals surface area contributed by atoms with Gasteiger partial charge in [-0.3, -0.25) is 4.79 Å². The van der Waals surface area contributed by atoms with Gasteiger partial charge in [0.15, 0.2) is 0 Å². The number of amides is 1. The van der Waals surface area contributed by atoms with E-state index in [0.29, 0.717) is 6.42 Å². The van der Waals surface area contributed by atoms with Crippen LogP contribution in [0.4, 0.5) is 0 Å². The Balaban J connectivity index is 4.27. The maximum absolute atomic E-state index is 11.5. The van der Waals surface area contributed by atoms with Gasteiger partial charge in [-0.2, -0.15) is 5.26 Å². The van der Waals surface area contributed by atoms with Crippen LogP contribution in [-0.2, 0) is 4.79 Å². The van der Waals surface area contributed by atoms with E-state index < -0.39 is 5.92 Å². The van der Waals surface area contributed by atoms with Crippen molar-refractivity contribution in [3.8, 4) is 6.07 Å². The number of nitrogens with zero attached hydrogens (tertiary/aromatic N) is 2. The third kappa shape index (κ3) is 3.40. The summed E-state index contributed by atoms with van der Waals surface area (Å²) in [5.74, 6) is -0.806. The second kappa shape index (κ2) is 6.40. The van der Waals surface area contributed by atoms with Gasteiger partial charge in [-0.15, -0.1) is 0 Å². The summed E-state index contributed by atoms with van der Waals surface area (Å²) >= 11 is 0. The van der Waals surface area contributed by atoms with E-state index in [9.17, 15) is 4.79 Å². The van der Waals surface area contributed by atoms with Crippen molar-refractivity contribution in [2.45, 2.75) is 19.8 Å². The normalized spacial score (nSPS) is 11.8. The molecule has 0 saturated heterocycles. The average Bonchev–Trinajstić information content (AvgIpc) is 2.15. The molecule has 13 heavy (non-hydrogen) atoms. The number of rotatable bonds is 5. The number of nitrogens with one attached hydrogen (secondary N) is 2. The fourth-order valence-electron chi connectivity index (χ4n) is 1.02. The van der Waals surface area contributed by atoms with Crippen LogP contribution in [0.5, 0.6) is 0 Å². The molecule has 0 rings (SSSR count). The van der Waals surface area contributed by atoms with Crippen LogP contribution in [0.15, 0.2) is 0 Å². The highest BCUT2D eigenvalue weighted by Gasteiger charge is 2.21. The van der Waals surface area contributed by atoms with E-state index in [1.54, 1.807) is 14.1 Å². The van der Waals surface area contributed by atoms with Crippen molar-refractivity contribution in [2.75, 3.05) is 14.1 Å². The fraction of sp³-hybridized carbons (Fsp3) is 0.750. The molecule has 0 aromatic heterocycles. The first-order valence-electron chi connectivity index (χ1n) is 4.29. The Kier molecular flexibility index (Phi) is 5.85. The molecule has 0 aromatic carbocycles. The third-order valence-electron chi connectivity index (χ3n) is 1.70. The van der Waals surface area contributed by atoms with Gasteiger partial charge in [0, 0.05) is 14.1 Å². The van der Waals surface area contributed by atoms with Crippen molar-refractivity contribution in [3.05, 3.63) is 0 Å². The summed E-state index contributed by atoms with van der Waals surface area (Å²) < 4.78 is 0. The summed E-state index contributed by atoms with van der Waals surface area (Å²) in [7, 11) is 3.24. The number of carbonyl (C=O) groups is 1. The Morgan fingerprint density at radius 2 is 2.08 bits per heavy atom. The lowest BCUT2D eigenvalue weighted by molar-refractivity contribution is -0.140. The number of hydrogen-bond acceptors (Lipinski definition) is 4. The molecule has 5 nitrogen and oxygen atoms in total. The molecule has 5 heteroatoms. The molecular weight excluding hydrogens is 168 g/mol. The van der Waals surface area contributed by atoms with Crippen molar-refractivity contribution in [1.82, 2.24) is 16.0 Å². The van der Waals surface area contributed by atoms with Crippen LogP contribution in [-0.4, -0.2) is 25.1 Å². The summed E-state index contributed by atoms with van der Waals surface area (Å²) in [6.45, 7) is 1.95. The van der Waals surface area contributed by atoms with Gasteiger partial charge in [-0.1, -0.05) is 13.3 Å². The van der Waals surface area contributed by atoms with Crippen molar-refractivity contribution >= 4 is 5.91 Å². The standard InChI is InChI=1S/C8H16N4O/c1-4-5-7(6-9)8(13)12(10-2)11-3/h7,10-11H,4-5H2,1-3H3. The lowest BCUT2D eigenvalue weighted by Crippen LogP contribution is -2.50. The van der Waals surface area contributed by atoms with Crippen molar-refractivity contribution < 1.29 is 4.79 Å². The summed E-state index contributed by atoms with van der Waals surface area (Å²) in [6.07, 6.45) is 1.42. The van der Waals surface area contributed by atoms with Gasteiger partial charge in [0.1, 0.15) is 5.92 Å². The quantitative estimate of drug-likeness (QED) is 0.591. The first-order chi connectivity index (χ1) is 6.21. The van der Waals surface area contributed by atoms with E-state index >= 15 is 0 Å². The highest BCUT2D eigenvalue weighted by Crippen LogP contribution is 2.06. The van der Waals surface area contributed by atoms with E-state index in [4.69, 9.17) is 5.26 Å². The van der Waals surface area contributed by atoms with E-state index in [0.717, 1.165) is 6.42 Å². The van der Waals surface area contributed by atoms with Crippen LogP contribution in [0.2, 0.25) is 0 Å². The zero-order chi connectivity index (χ0) is 10.3. The fourth-order valence-corrected chi connectivity index (χ4v) is 1.02. The Hall–Kier alpha value is -1.12. The van der Waals surface area contributed by atoms with E-state index in [2.05, 4.69) is 10.9 Å². The molecule has 0 aliphatic rings. The van der Waals surface area contributed by atoms with Gasteiger partial charge < -0.3 is 0 Å². The van der Waals surface area contributed by atoms with Gasteiger partial charge in [0.25, 0.3) is 5.91 Å². The second-order valence-electron chi connectivity index (χ2n) is 2.59. The highest BCUT2D eigenvalue weighted by atomic mass is 16.2. The Labute approximate surface area is 78.6 Å². The maximum Gasteiger partial charge on any atom is 0.268 e. The van der Waals surface area contributed by atoms with Crippen molar-refractivity contribution in [2.24, 2.45) is 5.92 Å². The second-order valence-corrected chi connectivity index (χ2v) is 2.59. The van der Waals surface area contributed by atoms with Crippen molar-refractivity contribution in [3.63, 3.8) is 0 Å². The van der Waals surface area contributed by atoms with Gasteiger partial charge in [-0.05, 0) is 6.42 Å². The van der Waals surface area contributed by atoms with Crippen LogP contribution in [0, 0.1) is 17.2 Å². The van der Waals surface area contributed by atoms with Gasteiger partial charge in [0.2, 0.25) is 0 Å². The Morgan fingerprint density at radius 1 is 1.54 bits per heavy atom.